The van der Waals surface area contributed by atoms with Crippen LogP contribution in [0.25, 0.3) is 0 Å². The number of anilines is 2. The van der Waals surface area contributed by atoms with Crippen molar-refractivity contribution in [1.29, 1.82) is 0 Å². The molecule has 2 atom stereocenters. The molecule has 0 saturated carbocycles. The van der Waals surface area contributed by atoms with Crippen molar-refractivity contribution < 1.29 is 19.8 Å². The summed E-state index contributed by atoms with van der Waals surface area (Å²) in [7, 11) is 0. The van der Waals surface area contributed by atoms with Gasteiger partial charge in [-0.15, -0.1) is 0 Å². The number of hydrogen-bond donors (Lipinski definition) is 4. The van der Waals surface area contributed by atoms with E-state index in [9.17, 15) is 19.8 Å². The number of aliphatic hydroxyl groups is 2. The minimum atomic E-state index is -1.38. The minimum Gasteiger partial charge on any atom is -0.378 e. The van der Waals surface area contributed by atoms with E-state index in [2.05, 4.69) is 10.6 Å². The van der Waals surface area contributed by atoms with Crippen LogP contribution < -0.4 is 10.6 Å². The molecule has 0 aliphatic carbocycles. The van der Waals surface area contributed by atoms with Crippen molar-refractivity contribution in [2.45, 2.75) is 12.2 Å². The first-order valence-corrected chi connectivity index (χ1v) is 9.68. The average Bonchev–Trinajstić information content (AvgIpc) is 2.74. The van der Waals surface area contributed by atoms with E-state index < -0.39 is 24.0 Å². The maximum Gasteiger partial charge on any atom is 0.257 e. The van der Waals surface area contributed by atoms with E-state index in [0.29, 0.717) is 32.5 Å². The number of amides is 2. The number of rotatable bonds is 6. The standard InChI is InChI=1S/C22H18Cl2N2O4/c23-15-8-4-13(5-9-15)19(27)21(29)25-17-2-1-3-18(12-17)26-22(30)20(28)14-6-10-16(24)11-7-14/h1-12,19-20,27-28H,(H,25,29)(H,26,30). The van der Waals surface area contributed by atoms with Crippen molar-refractivity contribution in [2.75, 3.05) is 10.6 Å². The Morgan fingerprint density at radius 3 is 1.40 bits per heavy atom. The van der Waals surface area contributed by atoms with E-state index in [-0.39, 0.29) is 0 Å². The van der Waals surface area contributed by atoms with Crippen LogP contribution in [0.15, 0.2) is 72.8 Å². The molecule has 0 bridgehead atoms. The number of aliphatic hydroxyl groups excluding tert-OH is 2. The Bertz CT molecular complexity index is 959. The number of nitrogens with one attached hydrogen (secondary N) is 2. The number of carbonyl (C=O) groups excluding carboxylic acids is 2. The highest BCUT2D eigenvalue weighted by atomic mass is 35.5. The van der Waals surface area contributed by atoms with E-state index >= 15 is 0 Å². The highest BCUT2D eigenvalue weighted by Gasteiger charge is 2.19. The topological polar surface area (TPSA) is 98.7 Å². The lowest BCUT2D eigenvalue weighted by atomic mass is 10.1. The minimum absolute atomic E-state index is 0.367. The molecule has 3 aromatic rings. The average molecular weight is 445 g/mol. The van der Waals surface area contributed by atoms with Gasteiger partial charge in [0.05, 0.1) is 0 Å². The molecule has 0 spiro atoms. The lowest BCUT2D eigenvalue weighted by Crippen LogP contribution is -2.22. The van der Waals surface area contributed by atoms with Crippen molar-refractivity contribution in [3.8, 4) is 0 Å². The van der Waals surface area contributed by atoms with Crippen LogP contribution in [-0.2, 0) is 9.59 Å². The number of benzene rings is 3. The first-order valence-electron chi connectivity index (χ1n) is 8.92. The summed E-state index contributed by atoms with van der Waals surface area (Å²) in [5.41, 5.74) is 1.53. The predicted octanol–water partition coefficient (Wildman–Crippen LogP) is 4.34. The van der Waals surface area contributed by atoms with Crippen LogP contribution in [0.2, 0.25) is 10.0 Å². The lowest BCUT2D eigenvalue weighted by molar-refractivity contribution is -0.124. The van der Waals surface area contributed by atoms with Crippen LogP contribution >= 0.6 is 23.2 Å². The van der Waals surface area contributed by atoms with Crippen LogP contribution in [0, 0.1) is 0 Å². The SMILES string of the molecule is O=C(Nc1cccc(NC(=O)C(O)c2ccc(Cl)cc2)c1)C(O)c1ccc(Cl)cc1. The van der Waals surface area contributed by atoms with Gasteiger partial charge in [-0.1, -0.05) is 53.5 Å². The van der Waals surface area contributed by atoms with Gasteiger partial charge in [0, 0.05) is 21.4 Å². The molecular formula is C22H18Cl2N2O4. The van der Waals surface area contributed by atoms with Crippen molar-refractivity contribution in [3.63, 3.8) is 0 Å². The molecule has 2 amide bonds. The zero-order valence-corrected chi connectivity index (χ0v) is 17.1. The Labute approximate surface area is 183 Å². The molecule has 0 radical (unpaired) electrons. The molecule has 0 aliphatic heterocycles. The molecule has 8 heteroatoms. The summed E-state index contributed by atoms with van der Waals surface area (Å²) >= 11 is 11.6. The van der Waals surface area contributed by atoms with E-state index in [4.69, 9.17) is 23.2 Å². The smallest absolute Gasteiger partial charge is 0.257 e. The molecule has 0 saturated heterocycles. The van der Waals surface area contributed by atoms with Crippen LogP contribution in [0.1, 0.15) is 23.3 Å². The van der Waals surface area contributed by atoms with Gasteiger partial charge in [0.2, 0.25) is 0 Å². The van der Waals surface area contributed by atoms with Gasteiger partial charge >= 0.3 is 0 Å². The third kappa shape index (κ3) is 5.58. The summed E-state index contributed by atoms with van der Waals surface area (Å²) in [6, 6.07) is 18.9. The summed E-state index contributed by atoms with van der Waals surface area (Å²) in [6.45, 7) is 0. The molecule has 0 fully saturated rings. The fourth-order valence-corrected chi connectivity index (χ4v) is 2.94. The Morgan fingerprint density at radius 2 is 1.03 bits per heavy atom. The highest BCUT2D eigenvalue weighted by molar-refractivity contribution is 6.30. The van der Waals surface area contributed by atoms with Gasteiger partial charge in [0.15, 0.2) is 12.2 Å². The van der Waals surface area contributed by atoms with Gasteiger partial charge in [-0.2, -0.15) is 0 Å². The van der Waals surface area contributed by atoms with Crippen LogP contribution in [0.4, 0.5) is 11.4 Å². The van der Waals surface area contributed by atoms with E-state index in [1.54, 1.807) is 66.7 Å². The Hall–Kier alpha value is -2.90. The maximum absolute atomic E-state index is 12.3. The van der Waals surface area contributed by atoms with Gasteiger partial charge in [-0.05, 0) is 53.6 Å². The second-order valence-electron chi connectivity index (χ2n) is 6.47. The van der Waals surface area contributed by atoms with Gasteiger partial charge < -0.3 is 20.8 Å². The third-order valence-electron chi connectivity index (χ3n) is 4.27. The van der Waals surface area contributed by atoms with Crippen LogP contribution in [0.5, 0.6) is 0 Å². The molecule has 4 N–H and O–H groups in total. The Morgan fingerprint density at radius 1 is 0.667 bits per heavy atom. The molecule has 30 heavy (non-hydrogen) atoms. The van der Waals surface area contributed by atoms with Crippen molar-refractivity contribution >= 4 is 46.4 Å². The largest absolute Gasteiger partial charge is 0.378 e. The normalized spacial score (nSPS) is 12.7. The molecule has 3 aromatic carbocycles. The highest BCUT2D eigenvalue weighted by Crippen LogP contribution is 2.22. The third-order valence-corrected chi connectivity index (χ3v) is 4.77. The molecule has 2 unspecified atom stereocenters. The quantitative estimate of drug-likeness (QED) is 0.454. The second kappa shape index (κ2) is 9.73. The zero-order chi connectivity index (χ0) is 21.7. The summed E-state index contributed by atoms with van der Waals surface area (Å²) in [5, 5.41) is 26.6. The first kappa shape index (κ1) is 21.8. The van der Waals surface area contributed by atoms with Gasteiger partial charge in [0.25, 0.3) is 11.8 Å². The predicted molar refractivity (Wildman–Crippen MR) is 117 cm³/mol. The Kier molecular flexibility index (Phi) is 7.07. The van der Waals surface area contributed by atoms with Gasteiger partial charge in [-0.25, -0.2) is 0 Å². The van der Waals surface area contributed by atoms with Crippen molar-refractivity contribution in [2.24, 2.45) is 0 Å². The van der Waals surface area contributed by atoms with Gasteiger partial charge in [0.1, 0.15) is 0 Å². The van der Waals surface area contributed by atoms with E-state index in [1.165, 1.54) is 6.07 Å². The number of carbonyl (C=O) groups is 2. The fraction of sp³-hybridized carbons (Fsp3) is 0.0909. The molecule has 3 rings (SSSR count). The monoisotopic (exact) mass is 444 g/mol. The second-order valence-corrected chi connectivity index (χ2v) is 7.34. The van der Waals surface area contributed by atoms with Crippen molar-refractivity contribution in [3.05, 3.63) is 94.0 Å². The molecule has 0 heterocycles. The zero-order valence-electron chi connectivity index (χ0n) is 15.5. The molecule has 0 aromatic heterocycles. The maximum atomic E-state index is 12.3. The number of halogens is 2. The summed E-state index contributed by atoms with van der Waals surface area (Å²) in [6.07, 6.45) is -2.76. The summed E-state index contributed by atoms with van der Waals surface area (Å²) < 4.78 is 0. The van der Waals surface area contributed by atoms with Crippen molar-refractivity contribution in [1.82, 2.24) is 0 Å². The van der Waals surface area contributed by atoms with Gasteiger partial charge in [-0.3, -0.25) is 9.59 Å². The van der Waals surface area contributed by atoms with Crippen LogP contribution in [-0.4, -0.2) is 22.0 Å². The fourth-order valence-electron chi connectivity index (χ4n) is 2.69. The molecule has 6 nitrogen and oxygen atoms in total. The Balaban J connectivity index is 1.65. The van der Waals surface area contributed by atoms with E-state index in [1.807, 2.05) is 0 Å². The van der Waals surface area contributed by atoms with E-state index in [0.717, 1.165) is 0 Å². The number of hydrogen-bond acceptors (Lipinski definition) is 4. The lowest BCUT2D eigenvalue weighted by Gasteiger charge is -2.14. The summed E-state index contributed by atoms with van der Waals surface area (Å²) in [5.74, 6) is -1.27. The summed E-state index contributed by atoms with van der Waals surface area (Å²) in [4.78, 5) is 24.6. The molecule has 0 aliphatic rings. The first-order chi connectivity index (χ1) is 14.3. The molecule has 154 valence electrons. The molecular weight excluding hydrogens is 427 g/mol. The van der Waals surface area contributed by atoms with Crippen LogP contribution in [0.3, 0.4) is 0 Å².